The zero-order valence-corrected chi connectivity index (χ0v) is 15.1. The van der Waals surface area contributed by atoms with Gasteiger partial charge in [-0.1, -0.05) is 0 Å². The summed E-state index contributed by atoms with van der Waals surface area (Å²) in [5, 5.41) is 12.0. The number of phenolic OH excluding ortho intramolecular Hbond substituents is 1. The molecule has 26 heavy (non-hydrogen) atoms. The number of phenols is 1. The van der Waals surface area contributed by atoms with E-state index < -0.39 is 17.8 Å². The standard InChI is InChI=1S/C17H13BrN2O6/c1-25-13-7-9(6-12(18)14(13)21)5-11-15(22)19-17(24)20(16(11)23)8-10-3-2-4-26-10/h2-7,21H,8H2,1H3,(H,19,22,24). The zero-order valence-electron chi connectivity index (χ0n) is 13.5. The highest BCUT2D eigenvalue weighted by Gasteiger charge is 2.36. The lowest BCUT2D eigenvalue weighted by Crippen LogP contribution is -2.53. The van der Waals surface area contributed by atoms with Gasteiger partial charge < -0.3 is 14.3 Å². The average Bonchev–Trinajstić information content (AvgIpc) is 3.11. The molecule has 1 aromatic heterocycles. The fourth-order valence-corrected chi connectivity index (χ4v) is 2.86. The van der Waals surface area contributed by atoms with Crippen molar-refractivity contribution in [2.24, 2.45) is 0 Å². The van der Waals surface area contributed by atoms with Crippen LogP contribution in [-0.4, -0.2) is 35.0 Å². The van der Waals surface area contributed by atoms with Crippen molar-refractivity contribution >= 4 is 39.9 Å². The second-order valence-electron chi connectivity index (χ2n) is 5.34. The highest BCUT2D eigenvalue weighted by atomic mass is 79.9. The van der Waals surface area contributed by atoms with E-state index in [9.17, 15) is 19.5 Å². The van der Waals surface area contributed by atoms with E-state index in [1.807, 2.05) is 0 Å². The normalized spacial score (nSPS) is 16.2. The molecule has 4 amide bonds. The second-order valence-corrected chi connectivity index (χ2v) is 6.20. The molecule has 0 spiro atoms. The van der Waals surface area contributed by atoms with Crippen LogP contribution in [-0.2, 0) is 16.1 Å². The maximum atomic E-state index is 12.6. The van der Waals surface area contributed by atoms with Crippen LogP contribution in [0.2, 0.25) is 0 Å². The maximum Gasteiger partial charge on any atom is 0.331 e. The van der Waals surface area contributed by atoms with E-state index in [4.69, 9.17) is 9.15 Å². The first-order valence-corrected chi connectivity index (χ1v) is 8.17. The van der Waals surface area contributed by atoms with E-state index >= 15 is 0 Å². The fourth-order valence-electron chi connectivity index (χ4n) is 2.40. The summed E-state index contributed by atoms with van der Waals surface area (Å²) in [6.07, 6.45) is 2.73. The van der Waals surface area contributed by atoms with Crippen LogP contribution in [0.1, 0.15) is 11.3 Å². The van der Waals surface area contributed by atoms with E-state index in [1.54, 1.807) is 12.1 Å². The summed E-state index contributed by atoms with van der Waals surface area (Å²) < 4.78 is 10.5. The number of ether oxygens (including phenoxy) is 1. The van der Waals surface area contributed by atoms with Crippen LogP contribution in [0.5, 0.6) is 11.5 Å². The lowest BCUT2D eigenvalue weighted by molar-refractivity contribution is -0.130. The van der Waals surface area contributed by atoms with Gasteiger partial charge in [0.1, 0.15) is 11.3 Å². The van der Waals surface area contributed by atoms with Crippen LogP contribution in [0.3, 0.4) is 0 Å². The number of methoxy groups -OCH3 is 1. The van der Waals surface area contributed by atoms with Crippen molar-refractivity contribution < 1.29 is 28.6 Å². The SMILES string of the molecule is COc1cc(C=C2C(=O)NC(=O)N(Cc3ccco3)C2=O)cc(Br)c1O. The van der Waals surface area contributed by atoms with Crippen molar-refractivity contribution in [3.63, 3.8) is 0 Å². The van der Waals surface area contributed by atoms with Crippen LogP contribution >= 0.6 is 15.9 Å². The predicted molar refractivity (Wildman–Crippen MR) is 93.1 cm³/mol. The number of benzene rings is 1. The second kappa shape index (κ2) is 7.04. The number of nitrogens with one attached hydrogen (secondary N) is 1. The van der Waals surface area contributed by atoms with Crippen molar-refractivity contribution in [2.45, 2.75) is 6.54 Å². The van der Waals surface area contributed by atoms with E-state index in [-0.39, 0.29) is 23.6 Å². The molecular weight excluding hydrogens is 408 g/mol. The number of amides is 4. The smallest absolute Gasteiger partial charge is 0.331 e. The number of rotatable bonds is 4. The predicted octanol–water partition coefficient (Wildman–Crippen LogP) is 2.42. The van der Waals surface area contributed by atoms with E-state index in [2.05, 4.69) is 21.2 Å². The topological polar surface area (TPSA) is 109 Å². The molecule has 2 N–H and O–H groups in total. The highest BCUT2D eigenvalue weighted by Crippen LogP contribution is 2.36. The number of hydrogen-bond donors (Lipinski definition) is 2. The van der Waals surface area contributed by atoms with Crippen LogP contribution in [0, 0.1) is 0 Å². The summed E-state index contributed by atoms with van der Waals surface area (Å²) in [5.41, 5.74) is 0.202. The van der Waals surface area contributed by atoms with Crippen molar-refractivity contribution in [2.75, 3.05) is 7.11 Å². The molecular formula is C17H13BrN2O6. The number of barbiturate groups is 1. The number of carbonyl (C=O) groups excluding carboxylic acids is 3. The number of hydrogen-bond acceptors (Lipinski definition) is 6. The number of carbonyl (C=O) groups is 3. The monoisotopic (exact) mass is 420 g/mol. The van der Waals surface area contributed by atoms with Gasteiger partial charge in [0, 0.05) is 0 Å². The van der Waals surface area contributed by atoms with Crippen LogP contribution < -0.4 is 10.1 Å². The minimum atomic E-state index is -0.821. The summed E-state index contributed by atoms with van der Waals surface area (Å²) in [6.45, 7) is -0.106. The molecule has 0 aliphatic carbocycles. The summed E-state index contributed by atoms with van der Waals surface area (Å²) in [4.78, 5) is 37.6. The molecule has 0 saturated carbocycles. The molecule has 1 saturated heterocycles. The molecule has 0 bridgehead atoms. The summed E-state index contributed by atoms with van der Waals surface area (Å²) >= 11 is 3.17. The molecule has 8 nitrogen and oxygen atoms in total. The third-order valence-electron chi connectivity index (χ3n) is 3.66. The Balaban J connectivity index is 1.96. The Morgan fingerprint density at radius 1 is 1.35 bits per heavy atom. The average molecular weight is 421 g/mol. The van der Waals surface area contributed by atoms with Gasteiger partial charge in [-0.05, 0) is 51.8 Å². The van der Waals surface area contributed by atoms with Crippen LogP contribution in [0.4, 0.5) is 4.79 Å². The lowest BCUT2D eigenvalue weighted by atomic mass is 10.1. The third-order valence-corrected chi connectivity index (χ3v) is 4.27. The Hall–Kier alpha value is -3.07. The van der Waals surface area contributed by atoms with E-state index in [0.29, 0.717) is 15.8 Å². The van der Waals surface area contributed by atoms with Gasteiger partial charge in [-0.25, -0.2) is 4.79 Å². The van der Waals surface area contributed by atoms with Crippen molar-refractivity contribution in [3.05, 3.63) is 51.9 Å². The van der Waals surface area contributed by atoms with Crippen molar-refractivity contribution in [1.29, 1.82) is 0 Å². The van der Waals surface area contributed by atoms with E-state index in [0.717, 1.165) is 4.90 Å². The number of nitrogens with zero attached hydrogens (tertiary/aromatic N) is 1. The van der Waals surface area contributed by atoms with Gasteiger partial charge in [0.25, 0.3) is 11.8 Å². The highest BCUT2D eigenvalue weighted by molar-refractivity contribution is 9.10. The number of aromatic hydroxyl groups is 1. The summed E-state index contributed by atoms with van der Waals surface area (Å²) in [5.74, 6) is -1.10. The fraction of sp³-hybridized carbons (Fsp3) is 0.118. The van der Waals surface area contributed by atoms with Crippen LogP contribution in [0.15, 0.2) is 45.0 Å². The quantitative estimate of drug-likeness (QED) is 0.580. The minimum Gasteiger partial charge on any atom is -0.503 e. The Morgan fingerprint density at radius 3 is 2.77 bits per heavy atom. The summed E-state index contributed by atoms with van der Waals surface area (Å²) in [6, 6.07) is 5.39. The van der Waals surface area contributed by atoms with Gasteiger partial charge in [0.15, 0.2) is 11.5 Å². The molecule has 3 rings (SSSR count). The summed E-state index contributed by atoms with van der Waals surface area (Å²) in [7, 11) is 1.38. The Kier molecular flexibility index (Phi) is 4.81. The maximum absolute atomic E-state index is 12.6. The first-order valence-electron chi connectivity index (χ1n) is 7.38. The zero-order chi connectivity index (χ0) is 18.8. The molecule has 0 radical (unpaired) electrons. The van der Waals surface area contributed by atoms with Gasteiger partial charge >= 0.3 is 6.03 Å². The molecule has 0 atom stereocenters. The third kappa shape index (κ3) is 3.33. The number of urea groups is 1. The van der Waals surface area contributed by atoms with Gasteiger partial charge in [-0.15, -0.1) is 0 Å². The van der Waals surface area contributed by atoms with Crippen molar-refractivity contribution in [3.8, 4) is 11.5 Å². The Bertz CT molecular complexity index is 920. The first kappa shape index (κ1) is 17.7. The van der Waals surface area contributed by atoms with Crippen LogP contribution in [0.25, 0.3) is 6.08 Å². The Morgan fingerprint density at radius 2 is 2.12 bits per heavy atom. The van der Waals surface area contributed by atoms with Gasteiger partial charge in [0.2, 0.25) is 0 Å². The Labute approximate surface area is 156 Å². The van der Waals surface area contributed by atoms with Crippen molar-refractivity contribution in [1.82, 2.24) is 10.2 Å². The largest absolute Gasteiger partial charge is 0.503 e. The number of furan rings is 1. The molecule has 1 fully saturated rings. The lowest BCUT2D eigenvalue weighted by Gasteiger charge is -2.25. The van der Waals surface area contributed by atoms with Gasteiger partial charge in [0.05, 0.1) is 24.4 Å². The van der Waals surface area contributed by atoms with Gasteiger partial charge in [-0.3, -0.25) is 19.8 Å². The van der Waals surface area contributed by atoms with E-state index in [1.165, 1.54) is 31.6 Å². The minimum absolute atomic E-state index is 0.106. The molecule has 134 valence electrons. The molecule has 0 unspecified atom stereocenters. The molecule has 1 aliphatic rings. The number of imide groups is 2. The molecule has 2 aromatic rings. The first-order chi connectivity index (χ1) is 12.4. The van der Waals surface area contributed by atoms with Gasteiger partial charge in [-0.2, -0.15) is 0 Å². The molecule has 1 aromatic carbocycles. The molecule has 9 heteroatoms. The molecule has 2 heterocycles. The number of halogens is 1. The molecule has 1 aliphatic heterocycles.